The number of hydrazine groups is 1. The average Bonchev–Trinajstić information content (AvgIpc) is 2.77. The van der Waals surface area contributed by atoms with E-state index < -0.39 is 9.84 Å². The highest BCUT2D eigenvalue weighted by Gasteiger charge is 2.20. The molecule has 1 aromatic carbocycles. The van der Waals surface area contributed by atoms with E-state index in [1.54, 1.807) is 26.2 Å². The first kappa shape index (κ1) is 23.2. The van der Waals surface area contributed by atoms with Crippen molar-refractivity contribution in [3.63, 3.8) is 0 Å². The van der Waals surface area contributed by atoms with Crippen molar-refractivity contribution in [2.24, 2.45) is 5.84 Å². The molecule has 0 atom stereocenters. The minimum atomic E-state index is -3.35. The maximum absolute atomic E-state index is 12.5. The Balaban J connectivity index is 2.02. The molecule has 0 radical (unpaired) electrons. The number of rotatable bonds is 8. The molecule has 3 N–H and O–H groups in total. The van der Waals surface area contributed by atoms with Crippen LogP contribution in [-0.4, -0.2) is 37.5 Å². The molecule has 0 saturated heterocycles. The lowest BCUT2D eigenvalue weighted by Gasteiger charge is -2.24. The molecule has 0 fully saturated rings. The Labute approximate surface area is 187 Å². The van der Waals surface area contributed by atoms with Gasteiger partial charge in [-0.2, -0.15) is 0 Å². The zero-order chi connectivity index (χ0) is 23.5. The summed E-state index contributed by atoms with van der Waals surface area (Å²) in [5.74, 6) is 7.70. The molecule has 32 heavy (non-hydrogen) atoms. The van der Waals surface area contributed by atoms with Crippen LogP contribution in [0.5, 0.6) is 5.75 Å². The molecule has 2 heterocycles. The van der Waals surface area contributed by atoms with E-state index in [9.17, 15) is 13.2 Å². The molecule has 0 saturated carbocycles. The maximum atomic E-state index is 12.5. The Morgan fingerprint density at radius 2 is 1.84 bits per heavy atom. The van der Waals surface area contributed by atoms with Crippen LogP contribution in [0.4, 0.5) is 23.0 Å². The maximum Gasteiger partial charge on any atom is 0.177 e. The lowest BCUT2D eigenvalue weighted by atomic mass is 10.1. The summed E-state index contributed by atoms with van der Waals surface area (Å²) >= 11 is 0. The highest BCUT2D eigenvalue weighted by Crippen LogP contribution is 2.36. The molecule has 0 aliphatic rings. The second-order valence-electron chi connectivity index (χ2n) is 7.14. The molecule has 168 valence electrons. The van der Waals surface area contributed by atoms with Gasteiger partial charge in [0.2, 0.25) is 0 Å². The number of sulfone groups is 1. The van der Waals surface area contributed by atoms with E-state index >= 15 is 0 Å². The lowest BCUT2D eigenvalue weighted by Crippen LogP contribution is -2.28. The summed E-state index contributed by atoms with van der Waals surface area (Å²) in [4.78, 5) is 21.1. The van der Waals surface area contributed by atoms with Crippen molar-refractivity contribution < 1.29 is 17.9 Å². The number of carbonyl (C=O) groups is 1. The quantitative estimate of drug-likeness (QED) is 0.298. The van der Waals surface area contributed by atoms with Crippen molar-refractivity contribution in [1.82, 2.24) is 9.97 Å². The largest absolute Gasteiger partial charge is 0.494 e. The molecular weight excluding hydrogens is 430 g/mol. The second-order valence-corrected chi connectivity index (χ2v) is 9.15. The van der Waals surface area contributed by atoms with Gasteiger partial charge in [0, 0.05) is 31.1 Å². The lowest BCUT2D eigenvalue weighted by molar-refractivity contribution is 0.0988. The number of hydrogen-bond acceptors (Lipinski definition) is 9. The fourth-order valence-corrected chi connectivity index (χ4v) is 3.70. The number of aromatic nitrogens is 2. The number of aryl methyl sites for hydroxylation is 1. The number of para-hydroxylation sites is 1. The number of nitrogens with one attached hydrogen (secondary N) is 1. The molecule has 10 heteroatoms. The molecule has 9 nitrogen and oxygen atoms in total. The van der Waals surface area contributed by atoms with Crippen LogP contribution in [0.3, 0.4) is 0 Å². The number of nitrogens with two attached hydrogens (primary N) is 1. The second kappa shape index (κ2) is 9.33. The van der Waals surface area contributed by atoms with Crippen LogP contribution in [0.1, 0.15) is 29.3 Å². The summed E-state index contributed by atoms with van der Waals surface area (Å²) in [6.07, 6.45) is 4.12. The zero-order valence-corrected chi connectivity index (χ0v) is 19.1. The highest BCUT2D eigenvalue weighted by atomic mass is 32.2. The van der Waals surface area contributed by atoms with Crippen LogP contribution < -0.4 is 20.9 Å². The topological polar surface area (TPSA) is 128 Å². The van der Waals surface area contributed by atoms with Crippen molar-refractivity contribution in [1.29, 1.82) is 0 Å². The fraction of sp³-hybridized carbons (Fsp3) is 0.227. The molecule has 0 unspecified atom stereocenters. The van der Waals surface area contributed by atoms with Crippen molar-refractivity contribution in [2.45, 2.75) is 25.2 Å². The van der Waals surface area contributed by atoms with Gasteiger partial charge < -0.3 is 10.1 Å². The van der Waals surface area contributed by atoms with Gasteiger partial charge in [0.25, 0.3) is 0 Å². The van der Waals surface area contributed by atoms with Gasteiger partial charge in [-0.05, 0) is 30.7 Å². The minimum absolute atomic E-state index is 0.111. The van der Waals surface area contributed by atoms with Crippen LogP contribution in [-0.2, 0) is 9.84 Å². The van der Waals surface area contributed by atoms with Gasteiger partial charge >= 0.3 is 0 Å². The predicted molar refractivity (Wildman–Crippen MR) is 124 cm³/mol. The van der Waals surface area contributed by atoms with E-state index in [1.807, 2.05) is 19.1 Å². The molecular formula is C22H25N5O4S. The Kier molecular flexibility index (Phi) is 6.75. The van der Waals surface area contributed by atoms with E-state index in [1.165, 1.54) is 29.5 Å². The van der Waals surface area contributed by atoms with Crippen molar-refractivity contribution in [3.8, 4) is 5.75 Å². The first-order valence-corrected chi connectivity index (χ1v) is 11.7. The molecule has 2 aromatic heterocycles. The third kappa shape index (κ3) is 4.87. The zero-order valence-electron chi connectivity index (χ0n) is 18.3. The molecule has 3 aromatic rings. The third-order valence-electron chi connectivity index (χ3n) is 4.84. The SMILES string of the molecule is CCC(=O)c1cnc(Nc2ccc(S(C)(=O)=O)cn2)cc1N(N)c1cccc(C)c1OC. The summed E-state index contributed by atoms with van der Waals surface area (Å²) in [5.41, 5.74) is 2.28. The summed E-state index contributed by atoms with van der Waals surface area (Å²) in [5, 5.41) is 4.40. The normalized spacial score (nSPS) is 11.2. The molecule has 0 amide bonds. The third-order valence-corrected chi connectivity index (χ3v) is 5.94. The first-order valence-electron chi connectivity index (χ1n) is 9.80. The van der Waals surface area contributed by atoms with Crippen molar-refractivity contribution in [2.75, 3.05) is 23.7 Å². The number of anilines is 4. The minimum Gasteiger partial charge on any atom is -0.494 e. The summed E-state index contributed by atoms with van der Waals surface area (Å²) in [7, 11) is -1.79. The summed E-state index contributed by atoms with van der Waals surface area (Å²) < 4.78 is 28.8. The molecule has 0 aliphatic carbocycles. The Bertz CT molecular complexity index is 1240. The molecule has 0 spiro atoms. The number of ketones is 1. The first-order chi connectivity index (χ1) is 15.2. The van der Waals surface area contributed by atoms with Gasteiger partial charge in [-0.3, -0.25) is 9.80 Å². The molecule has 0 aliphatic heterocycles. The number of pyridine rings is 2. The van der Waals surface area contributed by atoms with Crippen LogP contribution in [0, 0.1) is 6.92 Å². The number of carbonyl (C=O) groups excluding carboxylic acids is 1. The van der Waals surface area contributed by atoms with Crippen molar-refractivity contribution >= 4 is 38.6 Å². The standard InChI is InChI=1S/C22H25N5O4S/c1-5-19(28)16-13-25-21(26-20-10-9-15(12-24-20)32(4,29)30)11-18(16)27(23)17-8-6-7-14(2)22(17)31-3/h6-13H,5,23H2,1-4H3,(H,24,25,26). The number of nitrogens with zero attached hydrogens (tertiary/aromatic N) is 3. The van der Waals surface area contributed by atoms with Gasteiger partial charge in [0.1, 0.15) is 17.4 Å². The van der Waals surface area contributed by atoms with Gasteiger partial charge in [-0.15, -0.1) is 0 Å². The van der Waals surface area contributed by atoms with Crippen molar-refractivity contribution in [3.05, 3.63) is 59.9 Å². The molecule has 3 rings (SSSR count). The number of methoxy groups -OCH3 is 1. The molecule has 0 bridgehead atoms. The Morgan fingerprint density at radius 1 is 1.12 bits per heavy atom. The van der Waals surface area contributed by atoms with Crippen LogP contribution in [0.15, 0.2) is 53.7 Å². The smallest absolute Gasteiger partial charge is 0.177 e. The summed E-state index contributed by atoms with van der Waals surface area (Å²) in [6, 6.07) is 10.2. The number of hydrogen-bond donors (Lipinski definition) is 2. The van der Waals surface area contributed by atoms with Crippen LogP contribution in [0.25, 0.3) is 0 Å². The summed E-state index contributed by atoms with van der Waals surface area (Å²) in [6.45, 7) is 3.67. The van der Waals surface area contributed by atoms with Crippen LogP contribution in [0.2, 0.25) is 0 Å². The van der Waals surface area contributed by atoms with Gasteiger partial charge in [-0.1, -0.05) is 19.1 Å². The number of Topliss-reactive ketones (excluding diaryl/α,β-unsaturated/α-hetero) is 1. The number of ether oxygens (including phenoxy) is 1. The van der Waals surface area contributed by atoms with Gasteiger partial charge in [-0.25, -0.2) is 24.2 Å². The van der Waals surface area contributed by atoms with Crippen LogP contribution >= 0.6 is 0 Å². The fourth-order valence-electron chi connectivity index (χ4n) is 3.14. The number of benzene rings is 1. The Morgan fingerprint density at radius 3 is 2.44 bits per heavy atom. The van der Waals surface area contributed by atoms with E-state index in [-0.39, 0.29) is 17.1 Å². The monoisotopic (exact) mass is 455 g/mol. The van der Waals surface area contributed by atoms with E-state index in [0.717, 1.165) is 11.8 Å². The van der Waals surface area contributed by atoms with E-state index in [0.29, 0.717) is 34.3 Å². The van der Waals surface area contributed by atoms with E-state index in [4.69, 9.17) is 10.6 Å². The Hall–Kier alpha value is -3.50. The predicted octanol–water partition coefficient (Wildman–Crippen LogP) is 3.55. The van der Waals surface area contributed by atoms with Gasteiger partial charge in [0.05, 0.1) is 28.9 Å². The van der Waals surface area contributed by atoms with Gasteiger partial charge in [0.15, 0.2) is 15.6 Å². The van der Waals surface area contributed by atoms with E-state index in [2.05, 4.69) is 15.3 Å². The average molecular weight is 456 g/mol. The highest BCUT2D eigenvalue weighted by molar-refractivity contribution is 7.90.